The number of aliphatic hydroxyl groups excluding tert-OH is 4. The van der Waals surface area contributed by atoms with Gasteiger partial charge in [0.2, 0.25) is 29.5 Å². The van der Waals surface area contributed by atoms with Gasteiger partial charge in [0.15, 0.2) is 5.43 Å². The molecule has 466 valence electrons. The highest BCUT2D eigenvalue weighted by atomic mass is 33.1. The number of hydrogen-bond acceptors (Lipinski definition) is 22. The average molecular weight is 1240 g/mol. The molecule has 1 aliphatic carbocycles. The maximum Gasteiger partial charge on any atom is 0.364 e. The molecule has 29 heteroatoms. The SMILES string of the molecule is CC1(SSCCC(=O)NCCOCCOCCN(CC(=O)NCC(=O)N[C@@H]2[C@@H](O)C[C@](O)(C(=O)O)O[C@@]2(C)[C@H](O)[C@H](O)CO)C(=O)COCC(=O)N2CCN(C(=O)c3ccccc3-c3c4ccc(=O)cc-4oc4cc(O)ccc34)CC2)C=CC=CN1. The molecule has 0 saturated carbocycles. The lowest BCUT2D eigenvalue weighted by atomic mass is 9.78. The summed E-state index contributed by atoms with van der Waals surface area (Å²) in [6.07, 6.45) is 1.00. The van der Waals surface area contributed by atoms with Gasteiger partial charge in [-0.3, -0.25) is 33.6 Å². The van der Waals surface area contributed by atoms with Crippen LogP contribution in [0.25, 0.3) is 33.4 Å². The molecule has 86 heavy (non-hydrogen) atoms. The Morgan fingerprint density at radius 2 is 1.59 bits per heavy atom. The van der Waals surface area contributed by atoms with Gasteiger partial charge in [-0.1, -0.05) is 45.9 Å². The highest BCUT2D eigenvalue weighted by Crippen LogP contribution is 2.43. The van der Waals surface area contributed by atoms with Gasteiger partial charge in [-0.25, -0.2) is 4.79 Å². The van der Waals surface area contributed by atoms with Gasteiger partial charge in [-0.2, -0.15) is 0 Å². The average Bonchev–Trinajstić information content (AvgIpc) is 0.938. The molecule has 2 fully saturated rings. The van der Waals surface area contributed by atoms with E-state index in [9.17, 15) is 74.1 Å². The van der Waals surface area contributed by atoms with Gasteiger partial charge in [-0.15, -0.1) is 0 Å². The van der Waals surface area contributed by atoms with Crippen LogP contribution in [0, 0.1) is 0 Å². The van der Waals surface area contributed by atoms with Crippen molar-refractivity contribution in [3.63, 3.8) is 0 Å². The summed E-state index contributed by atoms with van der Waals surface area (Å²) in [4.78, 5) is 108. The van der Waals surface area contributed by atoms with Crippen LogP contribution in [0.4, 0.5) is 0 Å². The van der Waals surface area contributed by atoms with Crippen molar-refractivity contribution in [3.05, 3.63) is 101 Å². The van der Waals surface area contributed by atoms with Gasteiger partial charge in [0.05, 0.1) is 58.3 Å². The molecule has 2 saturated heterocycles. The van der Waals surface area contributed by atoms with Crippen LogP contribution in [0.2, 0.25) is 0 Å². The van der Waals surface area contributed by atoms with Crippen molar-refractivity contribution in [1.82, 2.24) is 36.0 Å². The van der Waals surface area contributed by atoms with Crippen molar-refractivity contribution < 1.29 is 92.7 Å². The van der Waals surface area contributed by atoms with Gasteiger partial charge in [0, 0.05) is 92.1 Å². The van der Waals surface area contributed by atoms with Crippen molar-refractivity contribution in [1.29, 1.82) is 0 Å². The van der Waals surface area contributed by atoms with Gasteiger partial charge in [0.1, 0.15) is 53.0 Å². The maximum atomic E-state index is 14.3. The lowest BCUT2D eigenvalue weighted by molar-refractivity contribution is -0.329. The number of carboxylic acids is 1. The maximum absolute atomic E-state index is 14.3. The third-order valence-electron chi connectivity index (χ3n) is 14.4. The van der Waals surface area contributed by atoms with Crippen molar-refractivity contribution in [2.45, 2.75) is 67.3 Å². The summed E-state index contributed by atoms with van der Waals surface area (Å²) in [5, 5.41) is 83.2. The van der Waals surface area contributed by atoms with Crippen molar-refractivity contribution in [3.8, 4) is 28.2 Å². The zero-order chi connectivity index (χ0) is 62.2. The van der Waals surface area contributed by atoms with Crippen LogP contribution < -0.4 is 26.7 Å². The molecule has 27 nitrogen and oxygen atoms in total. The molecule has 2 aromatic carbocycles. The summed E-state index contributed by atoms with van der Waals surface area (Å²) < 4.78 is 28.1. The van der Waals surface area contributed by atoms with E-state index in [-0.39, 0.29) is 99.3 Å². The van der Waals surface area contributed by atoms with Crippen LogP contribution in [-0.2, 0) is 47.7 Å². The molecule has 2 aromatic rings. The fourth-order valence-electron chi connectivity index (χ4n) is 9.80. The number of nitrogens with one attached hydrogen (secondary N) is 4. The minimum Gasteiger partial charge on any atom is -0.508 e. The number of rotatable bonds is 29. The monoisotopic (exact) mass is 1240 g/mol. The Balaban J connectivity index is 0.900. The van der Waals surface area contributed by atoms with E-state index in [4.69, 9.17) is 23.4 Å². The largest absolute Gasteiger partial charge is 0.508 e. The minimum atomic E-state index is -3.08. The van der Waals surface area contributed by atoms with E-state index in [0.29, 0.717) is 45.4 Å². The number of amides is 6. The first-order chi connectivity index (χ1) is 41.0. The molecule has 7 atom stereocenters. The van der Waals surface area contributed by atoms with Gasteiger partial charge in [0.25, 0.3) is 11.7 Å². The van der Waals surface area contributed by atoms with E-state index in [0.717, 1.165) is 11.8 Å². The second-order valence-corrected chi connectivity index (χ2v) is 23.6. The van der Waals surface area contributed by atoms with Crippen molar-refractivity contribution in [2.75, 3.05) is 104 Å². The van der Waals surface area contributed by atoms with E-state index in [1.54, 1.807) is 62.9 Å². The molecule has 1 unspecified atom stereocenters. The van der Waals surface area contributed by atoms with Crippen molar-refractivity contribution in [2.24, 2.45) is 0 Å². The summed E-state index contributed by atoms with van der Waals surface area (Å²) in [5.74, 6) is -7.82. The zero-order valence-electron chi connectivity index (χ0n) is 47.2. The normalized spacial score (nSPS) is 21.8. The molecule has 0 spiro atoms. The summed E-state index contributed by atoms with van der Waals surface area (Å²) in [7, 11) is 3.19. The summed E-state index contributed by atoms with van der Waals surface area (Å²) in [6, 6.07) is 14.2. The molecular formula is C57H71N7O20S2. The molecule has 0 aromatic heterocycles. The number of dihydropyridines is 1. The molecule has 0 radical (unpaired) electrons. The van der Waals surface area contributed by atoms with Crippen molar-refractivity contribution >= 4 is 74.0 Å². The Kier molecular flexibility index (Phi) is 23.5. The molecule has 6 amide bonds. The molecule has 7 rings (SSSR count). The Labute approximate surface area is 501 Å². The van der Waals surface area contributed by atoms with Gasteiger partial charge in [-0.05, 0) is 68.1 Å². The number of allylic oxidation sites excluding steroid dienone is 2. The number of benzene rings is 3. The highest BCUT2D eigenvalue weighted by molar-refractivity contribution is 8.77. The van der Waals surface area contributed by atoms with E-state index >= 15 is 0 Å². The van der Waals surface area contributed by atoms with Crippen LogP contribution in [0.1, 0.15) is 37.0 Å². The second-order valence-electron chi connectivity index (χ2n) is 20.7. The summed E-state index contributed by atoms with van der Waals surface area (Å²) >= 11 is 0. The molecule has 4 aliphatic heterocycles. The predicted octanol–water partition coefficient (Wildman–Crippen LogP) is -0.662. The number of ether oxygens (including phenoxy) is 4. The number of carboxylic acid groups (broad SMARTS) is 1. The third-order valence-corrected chi connectivity index (χ3v) is 17.3. The highest BCUT2D eigenvalue weighted by Gasteiger charge is 2.60. The number of aromatic hydroxyl groups is 1. The zero-order valence-corrected chi connectivity index (χ0v) is 48.8. The summed E-state index contributed by atoms with van der Waals surface area (Å²) in [5.41, 5.74) is -0.315. The van der Waals surface area contributed by atoms with Gasteiger partial charge >= 0.3 is 5.97 Å². The fourth-order valence-corrected chi connectivity index (χ4v) is 12.2. The van der Waals surface area contributed by atoms with E-state index < -0.39 is 105 Å². The Morgan fingerprint density at radius 1 is 0.860 bits per heavy atom. The first kappa shape index (κ1) is 66.4. The number of fused-ring (bicyclic) bond motifs is 2. The first-order valence-corrected chi connectivity index (χ1v) is 29.8. The van der Waals surface area contributed by atoms with E-state index in [1.807, 2.05) is 31.4 Å². The third kappa shape index (κ3) is 17.3. The number of hydrogen-bond donors (Lipinski definition) is 11. The van der Waals surface area contributed by atoms with E-state index in [2.05, 4.69) is 21.3 Å². The minimum absolute atomic E-state index is 0.0536. The molecular weight excluding hydrogens is 1170 g/mol. The number of nitrogens with zero attached hydrogens (tertiary/aromatic N) is 3. The van der Waals surface area contributed by atoms with Crippen LogP contribution in [-0.4, -0.2) is 237 Å². The molecule has 5 aliphatic rings. The quantitative estimate of drug-likeness (QED) is 0.0183. The fraction of sp³-hybridized carbons (Fsp3) is 0.474. The number of aliphatic carboxylic acids is 1. The number of phenols is 1. The van der Waals surface area contributed by atoms with Crippen LogP contribution in [0.5, 0.6) is 5.75 Å². The standard InChI is InChI=1S/C57H71N7O20S2/c1-55(14-5-6-15-60-55)86-85-26-13-45(70)58-16-22-80-24-25-81-23-21-64(31-47(72)59-30-46(71)61-51-41(68)29-57(79,54(77)78)84-56(51,2)52(75)42(69)32-65)49(74)34-82-33-48(73)62-17-19-63(20-18-62)53(76)38-8-4-3-7-37(38)50-39-11-9-35(66)27-43(39)83-44-28-36(67)10-12-40(44)50/h3-12,14-15,27-28,41-42,51-52,60,65-66,68-69,75,79H,13,16-26,29-34H2,1-2H3,(H,58,70)(H,59,72)(H,61,71)(H,77,78)/t41-,42+,51+,52+,55?,56+,57+/m0/s1. The number of piperazine rings is 1. The Bertz CT molecular complexity index is 3160. The van der Waals surface area contributed by atoms with E-state index in [1.165, 1.54) is 29.2 Å². The smallest absolute Gasteiger partial charge is 0.364 e. The lowest BCUT2D eigenvalue weighted by Gasteiger charge is -2.51. The number of phenolic OH excluding ortho intramolecular Hbond substituents is 1. The molecule has 0 bridgehead atoms. The van der Waals surface area contributed by atoms with Crippen LogP contribution in [0.3, 0.4) is 0 Å². The van der Waals surface area contributed by atoms with Crippen LogP contribution in [0.15, 0.2) is 94.3 Å². The molecule has 11 N–H and O–H groups in total. The first-order valence-electron chi connectivity index (χ1n) is 27.5. The topological polar surface area (TPSA) is 386 Å². The summed E-state index contributed by atoms with van der Waals surface area (Å²) in [6.45, 7) is 0.0866. The Hall–Kier alpha value is -7.16. The number of aliphatic hydroxyl groups is 5. The lowest BCUT2D eigenvalue weighted by Crippen LogP contribution is -2.73. The number of carbonyl (C=O) groups is 7. The van der Waals surface area contributed by atoms with Gasteiger partial charge < -0.3 is 95.1 Å². The van der Waals surface area contributed by atoms with Crippen LogP contribution >= 0.6 is 21.6 Å². The second kappa shape index (κ2) is 30.5. The molecule has 4 heterocycles. The number of carbonyl (C=O) groups excluding carboxylic acids is 6. The predicted molar refractivity (Wildman–Crippen MR) is 312 cm³/mol. The Morgan fingerprint density at radius 3 is 2.31 bits per heavy atom.